The van der Waals surface area contributed by atoms with Crippen LogP contribution in [-0.4, -0.2) is 115 Å². The van der Waals surface area contributed by atoms with E-state index in [4.69, 9.17) is 9.72 Å². The van der Waals surface area contributed by atoms with Crippen LogP contribution < -0.4 is 26.8 Å². The van der Waals surface area contributed by atoms with Crippen LogP contribution in [-0.2, 0) is 89.1 Å². The molecular formula is C56H58FN7O15. The molecule has 2 aromatic carbocycles. The van der Waals surface area contributed by atoms with Gasteiger partial charge in [-0.05, 0) is 67.3 Å². The van der Waals surface area contributed by atoms with Crippen molar-refractivity contribution in [3.63, 3.8) is 0 Å². The molecule has 4 atom stereocenters. The van der Waals surface area contributed by atoms with E-state index in [0.29, 0.717) is 57.4 Å². The van der Waals surface area contributed by atoms with E-state index in [9.17, 15) is 67.7 Å². The summed E-state index contributed by atoms with van der Waals surface area (Å²) in [5.74, 6) is -9.26. The number of Topliss-reactive ketones (excluding diaryl/α,β-unsaturated/α-hetero) is 3. The Labute approximate surface area is 450 Å². The Balaban J connectivity index is 0.834. The van der Waals surface area contributed by atoms with Crippen molar-refractivity contribution in [2.75, 3.05) is 19.6 Å². The van der Waals surface area contributed by atoms with E-state index < -0.39 is 133 Å². The first kappa shape index (κ1) is 56.6. The molecule has 4 aliphatic rings. The fraction of sp³-hybridized carbons (Fsp3) is 0.411. The molecular weight excluding hydrogens is 1030 g/mol. The summed E-state index contributed by atoms with van der Waals surface area (Å²) < 4.78 is 22.1. The Hall–Kier alpha value is -8.60. The zero-order valence-corrected chi connectivity index (χ0v) is 43.4. The molecule has 22 nitrogen and oxygen atoms in total. The molecule has 6 N–H and O–H groups in total. The number of cyclic esters (lactones) is 1. The molecule has 414 valence electrons. The number of carbonyl (C=O) groups is 11. The lowest BCUT2D eigenvalue weighted by molar-refractivity contribution is -0.172. The van der Waals surface area contributed by atoms with Crippen molar-refractivity contribution in [2.24, 2.45) is 5.92 Å². The summed E-state index contributed by atoms with van der Waals surface area (Å²) in [7, 11) is 0. The van der Waals surface area contributed by atoms with Crippen molar-refractivity contribution in [3.8, 4) is 11.4 Å². The van der Waals surface area contributed by atoms with E-state index in [2.05, 4.69) is 21.3 Å². The quantitative estimate of drug-likeness (QED) is 0.0360. The molecule has 0 saturated carbocycles. The number of nitrogens with one attached hydrogen (secondary N) is 4. The topological polar surface area (TPSA) is 324 Å². The van der Waals surface area contributed by atoms with Crippen molar-refractivity contribution < 1.29 is 72.1 Å². The number of ketones is 3. The third-order valence-electron chi connectivity index (χ3n) is 14.8. The van der Waals surface area contributed by atoms with Gasteiger partial charge in [0.05, 0.1) is 60.6 Å². The van der Waals surface area contributed by atoms with E-state index in [1.54, 1.807) is 50.2 Å². The maximum absolute atomic E-state index is 15.4. The van der Waals surface area contributed by atoms with Gasteiger partial charge in [0, 0.05) is 85.7 Å². The normalized spacial score (nSPS) is 17.5. The molecule has 4 aromatic rings. The van der Waals surface area contributed by atoms with Crippen LogP contribution in [0.15, 0.2) is 59.4 Å². The smallest absolute Gasteiger partial charge is 0.343 e. The Morgan fingerprint density at radius 1 is 0.848 bits per heavy atom. The van der Waals surface area contributed by atoms with Crippen molar-refractivity contribution in [2.45, 2.75) is 122 Å². The fourth-order valence-corrected chi connectivity index (χ4v) is 10.6. The minimum Gasteiger partial charge on any atom is -0.481 e. The second-order valence-corrected chi connectivity index (χ2v) is 20.1. The van der Waals surface area contributed by atoms with Crippen LogP contribution in [0.5, 0.6) is 0 Å². The van der Waals surface area contributed by atoms with E-state index in [0.717, 1.165) is 22.6 Å². The summed E-state index contributed by atoms with van der Waals surface area (Å²) in [6.07, 6.45) is 0.325. The number of fused-ring (bicyclic) bond motifs is 5. The average molecular weight is 1090 g/mol. The van der Waals surface area contributed by atoms with Gasteiger partial charge < -0.3 is 40.8 Å². The van der Waals surface area contributed by atoms with Crippen molar-refractivity contribution in [1.29, 1.82) is 0 Å². The highest BCUT2D eigenvalue weighted by Crippen LogP contribution is 2.46. The average Bonchev–Trinajstić information content (AvgIpc) is 3.60. The number of ether oxygens (including phenoxy) is 1. The summed E-state index contributed by atoms with van der Waals surface area (Å²) in [6.45, 7) is 1.77. The number of aromatic nitrogens is 2. The standard InChI is InChI=1S/C56H58FN7O15/c1-3-56(78)37-22-42-52-35(27-64(42)54(76)36(37)28-79-55(56)77)51-39(13-12-34-29(2)38(57)23-41(62-52)50(34)51)60-45(69)11-7-10-32(65)25-59-53(75)31(20-30-8-5-4-6-9-30)21-33(66)26-58-44(68)15-14-43(67)40(24-49(73)74)61-46(70)18-19-63-47(71)16-17-48(63)72/h4-6,8-9,16-17,22-23,31,39-40,78H,3,7,10-15,18-21,24-28H2,1-2H3,(H,58,68)(H,59,75)(H,60,69)(H,61,70)(H,73,74)/t31-,39+,40+,56+/m1/s1. The van der Waals surface area contributed by atoms with Crippen LogP contribution in [0.4, 0.5) is 4.39 Å². The number of pyridine rings is 2. The Kier molecular flexibility index (Phi) is 17.2. The maximum Gasteiger partial charge on any atom is 0.343 e. The molecule has 0 radical (unpaired) electrons. The molecule has 1 aliphatic carbocycles. The second-order valence-electron chi connectivity index (χ2n) is 20.1. The highest BCUT2D eigenvalue weighted by atomic mass is 19.1. The zero-order valence-electron chi connectivity index (χ0n) is 43.4. The molecule has 0 unspecified atom stereocenters. The van der Waals surface area contributed by atoms with Crippen molar-refractivity contribution >= 4 is 75.6 Å². The van der Waals surface area contributed by atoms with Gasteiger partial charge in [0.2, 0.25) is 23.6 Å². The maximum atomic E-state index is 15.4. The molecule has 3 aliphatic heterocycles. The molecule has 0 spiro atoms. The Morgan fingerprint density at radius 2 is 1.57 bits per heavy atom. The number of imide groups is 1. The van der Waals surface area contributed by atoms with Gasteiger partial charge in [-0.3, -0.25) is 57.6 Å². The summed E-state index contributed by atoms with van der Waals surface area (Å²) in [6, 6.07) is 9.54. The van der Waals surface area contributed by atoms with Gasteiger partial charge in [-0.25, -0.2) is 14.2 Å². The number of aliphatic carboxylic acids is 1. The molecule has 0 saturated heterocycles. The monoisotopic (exact) mass is 1090 g/mol. The van der Waals surface area contributed by atoms with Crippen molar-refractivity contribution in [3.05, 3.63) is 110 Å². The first-order valence-electron chi connectivity index (χ1n) is 26.0. The predicted octanol–water partition coefficient (Wildman–Crippen LogP) is 2.04. The molecule has 79 heavy (non-hydrogen) atoms. The second kappa shape index (κ2) is 24.0. The minimum atomic E-state index is -2.06. The van der Waals surface area contributed by atoms with E-state index in [1.165, 1.54) is 10.6 Å². The molecule has 2 aromatic heterocycles. The van der Waals surface area contributed by atoms with Crippen LogP contribution in [0.2, 0.25) is 0 Å². The Morgan fingerprint density at radius 3 is 2.28 bits per heavy atom. The van der Waals surface area contributed by atoms with Gasteiger partial charge >= 0.3 is 11.9 Å². The van der Waals surface area contributed by atoms with Gasteiger partial charge in [0.25, 0.3) is 17.4 Å². The number of hydrogen-bond acceptors (Lipinski definition) is 15. The number of aryl methyl sites for hydroxylation is 1. The first-order valence-corrected chi connectivity index (χ1v) is 26.0. The van der Waals surface area contributed by atoms with Crippen molar-refractivity contribution in [1.82, 2.24) is 35.7 Å². The molecule has 0 fully saturated rings. The van der Waals surface area contributed by atoms with Gasteiger partial charge in [0.1, 0.15) is 12.4 Å². The van der Waals surface area contributed by atoms with Crippen LogP contribution in [0.25, 0.3) is 22.3 Å². The SMILES string of the molecule is CC[C@@]1(O)C(=O)OCc2c1cc1n(c2=O)Cc2c-1nc1cc(F)c(C)c3c1c2[C@@H](NC(=O)CCCC(=O)CNC(=O)[C@@H](CC(=O)CNC(=O)CCC(=O)[C@H](CC(=O)O)NC(=O)CCN1C(=O)C=CC1=O)Cc1ccccc1)CC3. The summed E-state index contributed by atoms with van der Waals surface area (Å²) in [5, 5.41) is 31.7. The summed E-state index contributed by atoms with van der Waals surface area (Å²) >= 11 is 0. The number of hydrogen-bond donors (Lipinski definition) is 6. The summed E-state index contributed by atoms with van der Waals surface area (Å²) in [4.78, 5) is 159. The zero-order chi connectivity index (χ0) is 56.9. The van der Waals surface area contributed by atoms with E-state index in [1.807, 2.05) is 0 Å². The van der Waals surface area contributed by atoms with Gasteiger partial charge in [-0.1, -0.05) is 37.3 Å². The molecule has 0 bridgehead atoms. The van der Waals surface area contributed by atoms with Gasteiger partial charge in [-0.15, -0.1) is 0 Å². The van der Waals surface area contributed by atoms with E-state index in [-0.39, 0.29) is 75.3 Å². The number of aliphatic hydroxyl groups is 1. The third kappa shape index (κ3) is 12.4. The number of benzene rings is 2. The molecule has 6 amide bonds. The lowest BCUT2D eigenvalue weighted by Gasteiger charge is -2.31. The van der Waals surface area contributed by atoms with E-state index >= 15 is 4.39 Å². The van der Waals surface area contributed by atoms with Crippen LogP contribution >= 0.6 is 0 Å². The number of carbonyl (C=O) groups excluding carboxylic acids is 10. The van der Waals surface area contributed by atoms with Crippen LogP contribution in [0, 0.1) is 18.7 Å². The van der Waals surface area contributed by atoms with Gasteiger partial charge in [-0.2, -0.15) is 0 Å². The number of esters is 1. The van der Waals surface area contributed by atoms with Gasteiger partial charge in [0.15, 0.2) is 23.0 Å². The van der Waals surface area contributed by atoms with Crippen LogP contribution in [0.1, 0.15) is 116 Å². The Bertz CT molecular complexity index is 3320. The molecule has 5 heterocycles. The predicted molar refractivity (Wildman–Crippen MR) is 275 cm³/mol. The number of nitrogens with zero attached hydrogens (tertiary/aromatic N) is 3. The number of carboxylic acid groups (broad SMARTS) is 1. The minimum absolute atomic E-state index is 0.0541. The largest absolute Gasteiger partial charge is 0.481 e. The first-order chi connectivity index (χ1) is 37.7. The fourth-order valence-electron chi connectivity index (χ4n) is 10.6. The number of rotatable bonds is 25. The lowest BCUT2D eigenvalue weighted by atomic mass is 9.81. The lowest BCUT2D eigenvalue weighted by Crippen LogP contribution is -2.44. The third-order valence-corrected chi connectivity index (χ3v) is 14.8. The molecule has 8 rings (SSSR count). The highest BCUT2D eigenvalue weighted by Gasteiger charge is 2.46. The highest BCUT2D eigenvalue weighted by molar-refractivity contribution is 6.13. The molecule has 23 heteroatoms. The summed E-state index contributed by atoms with van der Waals surface area (Å²) in [5.41, 5.74) is 1.90. The number of halogens is 1. The number of carboxylic acids is 1. The van der Waals surface area contributed by atoms with Crippen LogP contribution in [0.3, 0.4) is 0 Å². The number of amides is 6.